The zero-order valence-corrected chi connectivity index (χ0v) is 20.3. The topological polar surface area (TPSA) is 70.7 Å². The Bertz CT molecular complexity index is 1040. The minimum atomic E-state index is -0.868. The van der Waals surface area contributed by atoms with Gasteiger partial charge in [0, 0.05) is 37.5 Å². The zero-order valence-electron chi connectivity index (χ0n) is 20.3. The summed E-state index contributed by atoms with van der Waals surface area (Å²) in [4.78, 5) is 29.5. The van der Waals surface area contributed by atoms with Crippen molar-refractivity contribution in [3.05, 3.63) is 65.7 Å². The molecule has 4 aliphatic rings. The lowest BCUT2D eigenvalue weighted by Gasteiger charge is -2.55. The summed E-state index contributed by atoms with van der Waals surface area (Å²) in [5.74, 6) is 1.60. The molecule has 0 spiro atoms. The van der Waals surface area contributed by atoms with Crippen LogP contribution in [0.3, 0.4) is 0 Å². The molecule has 6 heteroatoms. The van der Waals surface area contributed by atoms with Crippen LogP contribution in [-0.2, 0) is 22.7 Å². The molecule has 4 bridgehead atoms. The number of carbonyl (C=O) groups is 2. The second-order valence-electron chi connectivity index (χ2n) is 10.6. The number of likely N-dealkylation sites (tertiary alicyclic amines) is 1. The molecule has 180 valence electrons. The highest BCUT2D eigenvalue weighted by Gasteiger charge is 2.70. The molecule has 3 saturated heterocycles. The maximum Gasteiger partial charge on any atom is 0.248 e. The van der Waals surface area contributed by atoms with Crippen molar-refractivity contribution in [1.29, 1.82) is 0 Å². The highest BCUT2D eigenvalue weighted by atomic mass is 16.5. The number of methoxy groups -OCH3 is 1. The van der Waals surface area contributed by atoms with Crippen LogP contribution in [0.5, 0.6) is 5.75 Å². The number of nitrogens with zero attached hydrogens (tertiary/aromatic N) is 1. The highest BCUT2D eigenvalue weighted by molar-refractivity contribution is 5.97. The number of nitrogens with one attached hydrogen (secondary N) is 2. The maximum atomic E-state index is 13.9. The summed E-state index contributed by atoms with van der Waals surface area (Å²) < 4.78 is 5.32. The molecule has 0 aromatic heterocycles. The first-order valence-corrected chi connectivity index (χ1v) is 12.4. The van der Waals surface area contributed by atoms with Gasteiger partial charge in [-0.25, -0.2) is 0 Å². The predicted molar refractivity (Wildman–Crippen MR) is 131 cm³/mol. The summed E-state index contributed by atoms with van der Waals surface area (Å²) in [6, 6.07) is 18.1. The van der Waals surface area contributed by atoms with Crippen LogP contribution in [0.25, 0.3) is 0 Å². The summed E-state index contributed by atoms with van der Waals surface area (Å²) in [6.07, 6.45) is 1.74. The Hall–Kier alpha value is -2.86. The number of carbonyl (C=O) groups excluding carboxylic acids is 2. The van der Waals surface area contributed by atoms with Crippen molar-refractivity contribution in [3.8, 4) is 5.75 Å². The van der Waals surface area contributed by atoms with Crippen LogP contribution in [0.15, 0.2) is 54.6 Å². The molecule has 6 rings (SSSR count). The average molecular weight is 462 g/mol. The summed E-state index contributed by atoms with van der Waals surface area (Å²) in [7, 11) is 1.67. The van der Waals surface area contributed by atoms with Crippen LogP contribution in [0, 0.1) is 23.7 Å². The fourth-order valence-corrected chi connectivity index (χ4v) is 6.68. The molecule has 5 atom stereocenters. The van der Waals surface area contributed by atoms with E-state index in [1.165, 1.54) is 5.56 Å². The fraction of sp³-hybridized carbons (Fsp3) is 0.500. The number of hydrogen-bond donors (Lipinski definition) is 2. The van der Waals surface area contributed by atoms with E-state index in [9.17, 15) is 9.59 Å². The average Bonchev–Trinajstić information content (AvgIpc) is 3.06. The maximum absolute atomic E-state index is 13.9. The largest absolute Gasteiger partial charge is 0.497 e. The van der Waals surface area contributed by atoms with Gasteiger partial charge in [-0.3, -0.25) is 14.5 Å². The van der Waals surface area contributed by atoms with Gasteiger partial charge in [0.1, 0.15) is 11.3 Å². The lowest BCUT2D eigenvalue weighted by atomic mass is 9.57. The molecule has 6 nitrogen and oxygen atoms in total. The molecule has 3 aliphatic heterocycles. The molecule has 1 saturated carbocycles. The number of amides is 2. The molecule has 0 unspecified atom stereocenters. The van der Waals surface area contributed by atoms with Crippen LogP contribution in [0.2, 0.25) is 0 Å². The van der Waals surface area contributed by atoms with E-state index in [0.29, 0.717) is 12.5 Å². The van der Waals surface area contributed by atoms with E-state index in [-0.39, 0.29) is 35.6 Å². The normalized spacial score (nSPS) is 29.8. The molecule has 34 heavy (non-hydrogen) atoms. The Morgan fingerprint density at radius 2 is 1.88 bits per heavy atom. The minimum absolute atomic E-state index is 0.00535. The van der Waals surface area contributed by atoms with Crippen LogP contribution in [0.1, 0.15) is 37.8 Å². The minimum Gasteiger partial charge on any atom is -0.497 e. The second-order valence-corrected chi connectivity index (χ2v) is 10.6. The van der Waals surface area contributed by atoms with E-state index in [0.717, 1.165) is 37.2 Å². The molecule has 2 amide bonds. The molecule has 1 aliphatic carbocycles. The van der Waals surface area contributed by atoms with Gasteiger partial charge in [0.05, 0.1) is 7.11 Å². The third kappa shape index (κ3) is 3.88. The van der Waals surface area contributed by atoms with Gasteiger partial charge < -0.3 is 15.4 Å². The van der Waals surface area contributed by atoms with E-state index in [1.54, 1.807) is 7.11 Å². The standard InChI is InChI=1S/C28H35N3O3/c1-18(2)13-23-24-14-21-17-31(16-20-9-11-22(34-3)12-10-20)25(23)28(21,30-26(24)32)27(33)29-15-19-7-5-4-6-8-19/h4-12,18,21,23-25H,13-17H2,1-3H3,(H,29,33)(H,30,32)/t21-,23+,24+,25-,28-/m0/s1. The number of ether oxygens (including phenoxy) is 1. The smallest absolute Gasteiger partial charge is 0.248 e. The van der Waals surface area contributed by atoms with Crippen LogP contribution >= 0.6 is 0 Å². The van der Waals surface area contributed by atoms with Gasteiger partial charge in [0.15, 0.2) is 0 Å². The monoisotopic (exact) mass is 461 g/mol. The lowest BCUT2D eigenvalue weighted by Crippen LogP contribution is -2.77. The van der Waals surface area contributed by atoms with Crippen molar-refractivity contribution in [2.75, 3.05) is 13.7 Å². The van der Waals surface area contributed by atoms with Crippen molar-refractivity contribution in [2.45, 2.75) is 51.4 Å². The zero-order chi connectivity index (χ0) is 23.9. The van der Waals surface area contributed by atoms with Gasteiger partial charge in [0.25, 0.3) is 0 Å². The molecule has 2 N–H and O–H groups in total. The summed E-state index contributed by atoms with van der Waals surface area (Å²) in [6.45, 7) is 6.47. The van der Waals surface area contributed by atoms with Crippen molar-refractivity contribution in [1.82, 2.24) is 15.5 Å². The van der Waals surface area contributed by atoms with Gasteiger partial charge in [-0.05, 0) is 47.9 Å². The van der Waals surface area contributed by atoms with Crippen molar-refractivity contribution in [2.24, 2.45) is 23.7 Å². The van der Waals surface area contributed by atoms with Crippen LogP contribution in [0.4, 0.5) is 0 Å². The number of fused-ring (bicyclic) bond motifs is 1. The van der Waals surface area contributed by atoms with Gasteiger partial charge in [0.2, 0.25) is 11.8 Å². The molecule has 0 radical (unpaired) electrons. The third-order valence-electron chi connectivity index (χ3n) is 8.05. The number of rotatable bonds is 8. The molecule has 3 heterocycles. The summed E-state index contributed by atoms with van der Waals surface area (Å²) in [5, 5.41) is 6.43. The third-order valence-corrected chi connectivity index (χ3v) is 8.05. The first kappa shape index (κ1) is 22.9. The molecular formula is C28H35N3O3. The Kier molecular flexibility index (Phi) is 6.11. The first-order chi connectivity index (χ1) is 16.4. The second kappa shape index (κ2) is 9.06. The van der Waals surface area contributed by atoms with E-state index < -0.39 is 5.54 Å². The van der Waals surface area contributed by atoms with E-state index >= 15 is 0 Å². The fourth-order valence-electron chi connectivity index (χ4n) is 6.68. The Balaban J connectivity index is 1.45. The summed E-state index contributed by atoms with van der Waals surface area (Å²) >= 11 is 0. The molecule has 2 aromatic rings. The predicted octanol–water partition coefficient (Wildman–Crippen LogP) is 3.36. The molecule has 2 aromatic carbocycles. The van der Waals surface area contributed by atoms with Gasteiger partial charge in [-0.2, -0.15) is 0 Å². The Morgan fingerprint density at radius 1 is 1.15 bits per heavy atom. The van der Waals surface area contributed by atoms with Crippen LogP contribution in [-0.4, -0.2) is 41.9 Å². The molecular weight excluding hydrogens is 426 g/mol. The van der Waals surface area contributed by atoms with Gasteiger partial charge in [-0.15, -0.1) is 0 Å². The van der Waals surface area contributed by atoms with E-state index in [1.807, 2.05) is 42.5 Å². The lowest BCUT2D eigenvalue weighted by molar-refractivity contribution is -0.155. The number of hydrogen-bond acceptors (Lipinski definition) is 4. The molecule has 4 fully saturated rings. The SMILES string of the molecule is COc1ccc(CN2C[C@@H]3C[C@H]4C(=O)N[C@]3(C(=O)NCc3ccccc3)[C@@H]2[C@@H]4CC(C)C)cc1. The van der Waals surface area contributed by atoms with Gasteiger partial charge in [-0.1, -0.05) is 56.3 Å². The van der Waals surface area contributed by atoms with E-state index in [2.05, 4.69) is 41.5 Å². The number of benzene rings is 2. The quantitative estimate of drug-likeness (QED) is 0.633. The summed E-state index contributed by atoms with van der Waals surface area (Å²) in [5.41, 5.74) is 1.38. The van der Waals surface area contributed by atoms with Crippen LogP contribution < -0.4 is 15.4 Å². The van der Waals surface area contributed by atoms with Crippen molar-refractivity contribution >= 4 is 11.8 Å². The number of piperidine rings is 2. The Morgan fingerprint density at radius 3 is 2.56 bits per heavy atom. The Labute approximate surface area is 202 Å². The first-order valence-electron chi connectivity index (χ1n) is 12.4. The highest BCUT2D eigenvalue weighted by Crippen LogP contribution is 2.54. The van der Waals surface area contributed by atoms with Crippen molar-refractivity contribution < 1.29 is 14.3 Å². The van der Waals surface area contributed by atoms with E-state index in [4.69, 9.17) is 4.74 Å². The van der Waals surface area contributed by atoms with Gasteiger partial charge >= 0.3 is 0 Å². The van der Waals surface area contributed by atoms with Crippen molar-refractivity contribution in [3.63, 3.8) is 0 Å².